The zero-order valence-electron chi connectivity index (χ0n) is 15.7. The number of nitrogens with one attached hydrogen (secondary N) is 2. The number of rotatable bonds is 7. The number of halogens is 1. The quantitative estimate of drug-likeness (QED) is 0.207. The maximum atomic E-state index is 10.7. The monoisotopic (exact) mass is 484 g/mol. The molecule has 0 aliphatic rings. The normalized spacial score (nSPS) is 10.7. The van der Waals surface area contributed by atoms with E-state index in [9.17, 15) is 10.1 Å². The lowest BCUT2D eigenvalue weighted by molar-refractivity contribution is -0.384. The molecule has 0 atom stereocenters. The van der Waals surface area contributed by atoms with Gasteiger partial charge in [0.1, 0.15) is 5.75 Å². The fourth-order valence-corrected chi connectivity index (χ4v) is 2.49. The third-order valence-electron chi connectivity index (χ3n) is 4.01. The van der Waals surface area contributed by atoms with Gasteiger partial charge in [0, 0.05) is 32.3 Å². The minimum atomic E-state index is -0.405. The van der Waals surface area contributed by atoms with Crippen molar-refractivity contribution >= 4 is 35.6 Å². The van der Waals surface area contributed by atoms with Crippen molar-refractivity contribution in [2.24, 2.45) is 4.99 Å². The lowest BCUT2D eigenvalue weighted by Gasteiger charge is -2.12. The highest BCUT2D eigenvalue weighted by molar-refractivity contribution is 14.0. The first-order chi connectivity index (χ1) is 12.5. The molecule has 27 heavy (non-hydrogen) atoms. The van der Waals surface area contributed by atoms with Crippen LogP contribution in [0.25, 0.3) is 0 Å². The molecule has 2 aromatic rings. The van der Waals surface area contributed by atoms with E-state index >= 15 is 0 Å². The number of hydrogen-bond acceptors (Lipinski definition) is 4. The van der Waals surface area contributed by atoms with Crippen LogP contribution >= 0.6 is 24.0 Å². The Bertz CT molecular complexity index is 779. The molecule has 7 nitrogen and oxygen atoms in total. The van der Waals surface area contributed by atoms with Gasteiger partial charge in [-0.2, -0.15) is 0 Å². The molecule has 0 unspecified atom stereocenters. The summed E-state index contributed by atoms with van der Waals surface area (Å²) < 4.78 is 5.35. The van der Waals surface area contributed by atoms with Crippen molar-refractivity contribution in [2.45, 2.75) is 19.9 Å². The van der Waals surface area contributed by atoms with Crippen LogP contribution in [0.2, 0.25) is 0 Å². The average Bonchev–Trinajstić information content (AvgIpc) is 2.66. The number of benzene rings is 2. The smallest absolute Gasteiger partial charge is 0.269 e. The van der Waals surface area contributed by atoms with E-state index in [0.717, 1.165) is 29.8 Å². The summed E-state index contributed by atoms with van der Waals surface area (Å²) in [6, 6.07) is 12.6. The first-order valence-electron chi connectivity index (χ1n) is 8.35. The van der Waals surface area contributed by atoms with Gasteiger partial charge in [-0.1, -0.05) is 24.3 Å². The summed E-state index contributed by atoms with van der Waals surface area (Å²) in [6.07, 6.45) is 0.842. The maximum Gasteiger partial charge on any atom is 0.269 e. The van der Waals surface area contributed by atoms with Crippen LogP contribution in [0.3, 0.4) is 0 Å². The lowest BCUT2D eigenvalue weighted by atomic mass is 10.1. The summed E-state index contributed by atoms with van der Waals surface area (Å²) in [5.74, 6) is 1.57. The van der Waals surface area contributed by atoms with Crippen molar-refractivity contribution in [3.63, 3.8) is 0 Å². The fraction of sp³-hybridized carbons (Fsp3) is 0.316. The van der Waals surface area contributed by atoms with E-state index in [1.54, 1.807) is 26.3 Å². The summed E-state index contributed by atoms with van der Waals surface area (Å²) in [5, 5.41) is 17.1. The Hall–Kier alpha value is -2.36. The van der Waals surface area contributed by atoms with Gasteiger partial charge in [-0.25, -0.2) is 0 Å². The number of hydrogen-bond donors (Lipinski definition) is 2. The highest BCUT2D eigenvalue weighted by atomic mass is 127. The SMILES string of the molecule is CN=C(NCCc1ccc(C)c(OC)c1)NCc1ccc([N+](=O)[O-])cc1.I. The van der Waals surface area contributed by atoms with E-state index in [4.69, 9.17) is 4.74 Å². The molecule has 0 amide bonds. The molecule has 2 rings (SSSR count). The number of aliphatic imine (C=N–C) groups is 1. The second-order valence-electron chi connectivity index (χ2n) is 5.83. The van der Waals surface area contributed by atoms with E-state index in [2.05, 4.69) is 27.8 Å². The summed E-state index contributed by atoms with van der Waals surface area (Å²) >= 11 is 0. The average molecular weight is 484 g/mol. The lowest BCUT2D eigenvalue weighted by Crippen LogP contribution is -2.37. The van der Waals surface area contributed by atoms with Gasteiger partial charge in [0.05, 0.1) is 12.0 Å². The molecule has 0 fully saturated rings. The first kappa shape index (κ1) is 22.7. The Labute approximate surface area is 176 Å². The topological polar surface area (TPSA) is 88.8 Å². The zero-order valence-corrected chi connectivity index (χ0v) is 18.0. The number of methoxy groups -OCH3 is 1. The molecule has 0 aromatic heterocycles. The molecular formula is C19H25IN4O3. The van der Waals surface area contributed by atoms with Gasteiger partial charge in [-0.15, -0.1) is 24.0 Å². The maximum absolute atomic E-state index is 10.7. The number of nitro benzene ring substituents is 1. The number of nitrogens with zero attached hydrogens (tertiary/aromatic N) is 2. The minimum Gasteiger partial charge on any atom is -0.496 e. The van der Waals surface area contributed by atoms with Crippen LogP contribution in [0.4, 0.5) is 5.69 Å². The van der Waals surface area contributed by atoms with E-state index in [1.165, 1.54) is 17.7 Å². The standard InChI is InChI=1S/C19H24N4O3.HI/c1-14-4-5-15(12-18(14)26-3)10-11-21-19(20-2)22-13-16-6-8-17(9-7-16)23(24)25;/h4-9,12H,10-11,13H2,1-3H3,(H2,20,21,22);1H. The molecule has 0 spiro atoms. The van der Waals surface area contributed by atoms with Crippen LogP contribution in [-0.4, -0.2) is 31.6 Å². The molecule has 146 valence electrons. The Balaban J connectivity index is 0.00000364. The Morgan fingerprint density at radius 2 is 1.81 bits per heavy atom. The van der Waals surface area contributed by atoms with Gasteiger partial charge < -0.3 is 15.4 Å². The van der Waals surface area contributed by atoms with Crippen molar-refractivity contribution in [3.8, 4) is 5.75 Å². The molecule has 8 heteroatoms. The molecule has 0 heterocycles. The van der Waals surface area contributed by atoms with Crippen molar-refractivity contribution in [1.82, 2.24) is 10.6 Å². The van der Waals surface area contributed by atoms with Crippen LogP contribution in [0.1, 0.15) is 16.7 Å². The number of non-ortho nitro benzene ring substituents is 1. The van der Waals surface area contributed by atoms with Crippen molar-refractivity contribution < 1.29 is 9.66 Å². The molecule has 0 aliphatic carbocycles. The van der Waals surface area contributed by atoms with Gasteiger partial charge in [0.25, 0.3) is 5.69 Å². The predicted octanol–water partition coefficient (Wildman–Crippen LogP) is 3.44. The Morgan fingerprint density at radius 1 is 1.15 bits per heavy atom. The zero-order chi connectivity index (χ0) is 18.9. The van der Waals surface area contributed by atoms with E-state index in [-0.39, 0.29) is 29.7 Å². The molecular weight excluding hydrogens is 459 g/mol. The summed E-state index contributed by atoms with van der Waals surface area (Å²) in [5.41, 5.74) is 3.34. The van der Waals surface area contributed by atoms with Crippen LogP contribution in [0.15, 0.2) is 47.5 Å². The van der Waals surface area contributed by atoms with Crippen molar-refractivity contribution in [1.29, 1.82) is 0 Å². The Kier molecular flexibility index (Phi) is 9.55. The van der Waals surface area contributed by atoms with Crippen LogP contribution in [0, 0.1) is 17.0 Å². The number of ether oxygens (including phenoxy) is 1. The van der Waals surface area contributed by atoms with E-state index in [1.807, 2.05) is 13.0 Å². The molecule has 2 aromatic carbocycles. The summed E-state index contributed by atoms with van der Waals surface area (Å²) in [7, 11) is 3.38. The van der Waals surface area contributed by atoms with Crippen LogP contribution in [-0.2, 0) is 13.0 Å². The largest absolute Gasteiger partial charge is 0.496 e. The number of nitro groups is 1. The van der Waals surface area contributed by atoms with E-state index < -0.39 is 4.92 Å². The molecule has 0 aliphatic heterocycles. The van der Waals surface area contributed by atoms with Gasteiger partial charge in [-0.3, -0.25) is 15.1 Å². The third-order valence-corrected chi connectivity index (χ3v) is 4.01. The molecule has 0 bridgehead atoms. The van der Waals surface area contributed by atoms with Gasteiger partial charge >= 0.3 is 0 Å². The number of guanidine groups is 1. The second-order valence-corrected chi connectivity index (χ2v) is 5.83. The Morgan fingerprint density at radius 3 is 2.41 bits per heavy atom. The van der Waals surface area contributed by atoms with E-state index in [0.29, 0.717) is 12.5 Å². The fourth-order valence-electron chi connectivity index (χ4n) is 2.49. The third kappa shape index (κ3) is 7.05. The molecule has 0 saturated heterocycles. The van der Waals surface area contributed by atoms with Crippen LogP contribution < -0.4 is 15.4 Å². The summed E-state index contributed by atoms with van der Waals surface area (Å²) in [4.78, 5) is 14.5. The van der Waals surface area contributed by atoms with Gasteiger partial charge in [0.15, 0.2) is 5.96 Å². The number of aryl methyl sites for hydroxylation is 1. The highest BCUT2D eigenvalue weighted by Crippen LogP contribution is 2.19. The van der Waals surface area contributed by atoms with Gasteiger partial charge in [-0.05, 0) is 36.1 Å². The van der Waals surface area contributed by atoms with Crippen molar-refractivity contribution in [2.75, 3.05) is 20.7 Å². The molecule has 2 N–H and O–H groups in total. The second kappa shape index (κ2) is 11.4. The first-order valence-corrected chi connectivity index (χ1v) is 8.35. The highest BCUT2D eigenvalue weighted by Gasteiger charge is 2.05. The summed E-state index contributed by atoms with van der Waals surface area (Å²) in [6.45, 7) is 3.28. The van der Waals surface area contributed by atoms with Crippen LogP contribution in [0.5, 0.6) is 5.75 Å². The molecule has 0 radical (unpaired) electrons. The minimum absolute atomic E-state index is 0. The van der Waals surface area contributed by atoms with Crippen molar-refractivity contribution in [3.05, 3.63) is 69.3 Å². The van der Waals surface area contributed by atoms with Gasteiger partial charge in [0.2, 0.25) is 0 Å². The molecule has 0 saturated carbocycles. The predicted molar refractivity (Wildman–Crippen MR) is 118 cm³/mol.